The van der Waals surface area contributed by atoms with Crippen LogP contribution < -0.4 is 10.2 Å². The van der Waals surface area contributed by atoms with Crippen molar-refractivity contribution in [3.8, 4) is 0 Å². The molecule has 1 saturated heterocycles. The molecule has 1 aliphatic rings. The van der Waals surface area contributed by atoms with Crippen molar-refractivity contribution in [1.82, 2.24) is 19.7 Å². The molecule has 0 aromatic carbocycles. The van der Waals surface area contributed by atoms with Crippen molar-refractivity contribution in [3.63, 3.8) is 0 Å². The van der Waals surface area contributed by atoms with Crippen LogP contribution >= 0.6 is 15.9 Å². The minimum absolute atomic E-state index is 0.0935. The van der Waals surface area contributed by atoms with E-state index in [1.807, 2.05) is 6.92 Å². The van der Waals surface area contributed by atoms with Crippen molar-refractivity contribution in [2.75, 3.05) is 11.4 Å². The topological polar surface area (TPSA) is 79.6 Å². The van der Waals surface area contributed by atoms with Gasteiger partial charge < -0.3 is 9.30 Å². The maximum atomic E-state index is 11.9. The molecule has 8 heteroatoms. The average molecular weight is 338 g/mol. The number of amides is 2. The first-order valence-corrected chi connectivity index (χ1v) is 6.99. The summed E-state index contributed by atoms with van der Waals surface area (Å²) in [7, 11) is 0. The van der Waals surface area contributed by atoms with Gasteiger partial charge in [-0.05, 0) is 22.4 Å². The zero-order valence-corrected chi connectivity index (χ0v) is 12.3. The van der Waals surface area contributed by atoms with E-state index in [0.29, 0.717) is 22.5 Å². The minimum atomic E-state index is -0.421. The number of nitrogens with zero attached hydrogens (tertiary/aromatic N) is 4. The van der Waals surface area contributed by atoms with Crippen LogP contribution in [-0.4, -0.2) is 38.8 Å². The van der Waals surface area contributed by atoms with Gasteiger partial charge >= 0.3 is 0 Å². The van der Waals surface area contributed by atoms with Crippen molar-refractivity contribution < 1.29 is 9.59 Å². The number of imidazole rings is 1. The Hall–Kier alpha value is -1.96. The van der Waals surface area contributed by atoms with E-state index < -0.39 is 6.04 Å². The van der Waals surface area contributed by atoms with Crippen molar-refractivity contribution in [1.29, 1.82) is 0 Å². The maximum Gasteiger partial charge on any atom is 0.249 e. The zero-order valence-electron chi connectivity index (χ0n) is 10.7. The lowest BCUT2D eigenvalue weighted by atomic mass is 10.1. The van der Waals surface area contributed by atoms with Crippen molar-refractivity contribution in [3.05, 3.63) is 23.2 Å². The first kappa shape index (κ1) is 13.0. The molecule has 1 fully saturated rings. The van der Waals surface area contributed by atoms with E-state index in [1.54, 1.807) is 27.9 Å². The summed E-state index contributed by atoms with van der Waals surface area (Å²) in [6.45, 7) is 1.99. The standard InChI is InChI=1S/C12H12BrN5O2/c1-2-7-12(20)16-9(19)6-18(7)11-10-14-3-4-17(10)5-8(13)15-11/h3-5,7H,2,6H2,1H3,(H,16,19,20). The second-order valence-corrected chi connectivity index (χ2v) is 5.32. The van der Waals surface area contributed by atoms with Crippen LogP contribution in [0.25, 0.3) is 5.65 Å². The number of imide groups is 1. The fourth-order valence-electron chi connectivity index (χ4n) is 2.37. The number of piperazine rings is 1. The molecular weight excluding hydrogens is 326 g/mol. The summed E-state index contributed by atoms with van der Waals surface area (Å²) in [6, 6.07) is -0.421. The molecule has 1 unspecified atom stereocenters. The predicted molar refractivity (Wildman–Crippen MR) is 75.3 cm³/mol. The Balaban J connectivity index is 2.14. The van der Waals surface area contributed by atoms with Gasteiger partial charge in [0.2, 0.25) is 11.8 Å². The molecule has 3 heterocycles. The van der Waals surface area contributed by atoms with Crippen LogP contribution in [0, 0.1) is 0 Å². The Labute approximate surface area is 123 Å². The number of nitrogens with one attached hydrogen (secondary N) is 1. The number of fused-ring (bicyclic) bond motifs is 1. The Morgan fingerprint density at radius 3 is 3.05 bits per heavy atom. The third kappa shape index (κ3) is 2.05. The first-order chi connectivity index (χ1) is 9.60. The molecule has 20 heavy (non-hydrogen) atoms. The van der Waals surface area contributed by atoms with Crippen LogP contribution in [0.5, 0.6) is 0 Å². The van der Waals surface area contributed by atoms with Crippen LogP contribution in [-0.2, 0) is 9.59 Å². The van der Waals surface area contributed by atoms with Gasteiger partial charge in [0.25, 0.3) is 0 Å². The second-order valence-electron chi connectivity index (χ2n) is 4.51. The van der Waals surface area contributed by atoms with E-state index in [9.17, 15) is 9.59 Å². The number of hydrogen-bond acceptors (Lipinski definition) is 5. The van der Waals surface area contributed by atoms with Gasteiger partial charge in [-0.25, -0.2) is 9.97 Å². The van der Waals surface area contributed by atoms with Gasteiger partial charge in [-0.2, -0.15) is 0 Å². The number of carbonyl (C=O) groups is 2. The van der Waals surface area contributed by atoms with E-state index in [-0.39, 0.29) is 18.4 Å². The highest BCUT2D eigenvalue weighted by molar-refractivity contribution is 9.10. The molecule has 0 aliphatic carbocycles. The Morgan fingerprint density at radius 1 is 1.50 bits per heavy atom. The lowest BCUT2D eigenvalue weighted by molar-refractivity contribution is -0.132. The number of anilines is 1. The van der Waals surface area contributed by atoms with Gasteiger partial charge in [0.05, 0.1) is 6.54 Å². The third-order valence-electron chi connectivity index (χ3n) is 3.24. The molecule has 0 radical (unpaired) electrons. The van der Waals surface area contributed by atoms with Gasteiger partial charge in [-0.1, -0.05) is 6.92 Å². The molecular formula is C12H12BrN5O2. The Morgan fingerprint density at radius 2 is 2.30 bits per heavy atom. The minimum Gasteiger partial charge on any atom is -0.332 e. The molecule has 2 amide bonds. The number of hydrogen-bond donors (Lipinski definition) is 1. The van der Waals surface area contributed by atoms with Gasteiger partial charge in [0.1, 0.15) is 10.6 Å². The highest BCUT2D eigenvalue weighted by atomic mass is 79.9. The molecule has 2 aromatic heterocycles. The molecule has 7 nitrogen and oxygen atoms in total. The van der Waals surface area contributed by atoms with Crippen molar-refractivity contribution >= 4 is 39.2 Å². The molecule has 2 aromatic rings. The number of carbonyl (C=O) groups excluding carboxylic acids is 2. The van der Waals surface area contributed by atoms with Crippen molar-refractivity contribution in [2.24, 2.45) is 0 Å². The summed E-state index contributed by atoms with van der Waals surface area (Å²) < 4.78 is 2.42. The monoisotopic (exact) mass is 337 g/mol. The summed E-state index contributed by atoms with van der Waals surface area (Å²) in [5.41, 5.74) is 0.620. The van der Waals surface area contributed by atoms with E-state index >= 15 is 0 Å². The zero-order chi connectivity index (χ0) is 14.3. The SMILES string of the molecule is CCC1C(=O)NC(=O)CN1c1nc(Br)cn2ccnc12. The summed E-state index contributed by atoms with van der Waals surface area (Å²) in [4.78, 5) is 33.9. The lowest BCUT2D eigenvalue weighted by Gasteiger charge is -2.34. The largest absolute Gasteiger partial charge is 0.332 e. The van der Waals surface area contributed by atoms with Gasteiger partial charge in [0, 0.05) is 18.6 Å². The maximum absolute atomic E-state index is 11.9. The highest BCUT2D eigenvalue weighted by Gasteiger charge is 2.34. The normalized spacial score (nSPS) is 19.5. The summed E-state index contributed by atoms with van der Waals surface area (Å²) in [5.74, 6) is -0.0964. The fourth-order valence-corrected chi connectivity index (χ4v) is 2.76. The fraction of sp³-hybridized carbons (Fsp3) is 0.333. The van der Waals surface area contributed by atoms with Crippen molar-refractivity contribution in [2.45, 2.75) is 19.4 Å². The summed E-state index contributed by atoms with van der Waals surface area (Å²) in [6.07, 6.45) is 5.80. The molecule has 1 aliphatic heterocycles. The number of rotatable bonds is 2. The van der Waals surface area contributed by atoms with E-state index in [2.05, 4.69) is 31.2 Å². The van der Waals surface area contributed by atoms with Gasteiger partial charge in [-0.15, -0.1) is 0 Å². The van der Waals surface area contributed by atoms with Crippen LogP contribution in [0.4, 0.5) is 5.82 Å². The average Bonchev–Trinajstić information content (AvgIpc) is 2.84. The molecule has 3 rings (SSSR count). The summed E-state index contributed by atoms with van der Waals surface area (Å²) in [5, 5.41) is 2.35. The molecule has 0 spiro atoms. The predicted octanol–water partition coefficient (Wildman–Crippen LogP) is 0.733. The Bertz CT molecular complexity index is 698. The quantitative estimate of drug-likeness (QED) is 0.817. The van der Waals surface area contributed by atoms with E-state index in [4.69, 9.17) is 0 Å². The first-order valence-electron chi connectivity index (χ1n) is 6.19. The van der Waals surface area contributed by atoms with Crippen LogP contribution in [0.2, 0.25) is 0 Å². The van der Waals surface area contributed by atoms with Crippen LogP contribution in [0.1, 0.15) is 13.3 Å². The molecule has 1 atom stereocenters. The molecule has 0 bridgehead atoms. The number of aromatic nitrogens is 3. The van der Waals surface area contributed by atoms with E-state index in [1.165, 1.54) is 0 Å². The lowest BCUT2D eigenvalue weighted by Crippen LogP contribution is -2.58. The summed E-state index contributed by atoms with van der Waals surface area (Å²) >= 11 is 3.33. The molecule has 104 valence electrons. The highest BCUT2D eigenvalue weighted by Crippen LogP contribution is 2.25. The van der Waals surface area contributed by atoms with Gasteiger partial charge in [-0.3, -0.25) is 14.9 Å². The van der Waals surface area contributed by atoms with Crippen LogP contribution in [0.3, 0.4) is 0 Å². The molecule has 0 saturated carbocycles. The van der Waals surface area contributed by atoms with Gasteiger partial charge in [0.15, 0.2) is 11.5 Å². The third-order valence-corrected chi connectivity index (χ3v) is 3.62. The second kappa shape index (κ2) is 4.86. The van der Waals surface area contributed by atoms with Crippen LogP contribution in [0.15, 0.2) is 23.2 Å². The number of halogens is 1. The Kier molecular flexibility index (Phi) is 3.17. The van der Waals surface area contributed by atoms with E-state index in [0.717, 1.165) is 0 Å². The smallest absolute Gasteiger partial charge is 0.249 e. The molecule has 1 N–H and O–H groups in total.